The minimum atomic E-state index is -4.43. The molecular weight excluding hydrogens is 273 g/mol. The van der Waals surface area contributed by atoms with Crippen LogP contribution in [0.1, 0.15) is 20.8 Å². The van der Waals surface area contributed by atoms with Crippen molar-refractivity contribution in [3.63, 3.8) is 0 Å². The van der Waals surface area contributed by atoms with Gasteiger partial charge in [-0.3, -0.25) is 0 Å². The van der Waals surface area contributed by atoms with Gasteiger partial charge in [-0.05, 0) is 32.9 Å². The van der Waals surface area contributed by atoms with Crippen LogP contribution in [0.5, 0.6) is 5.75 Å². The molecule has 112 valence electrons. The molecule has 1 rings (SSSR count). The summed E-state index contributed by atoms with van der Waals surface area (Å²) < 4.78 is 41.1. The number of carbonyl (C=O) groups is 1. The van der Waals surface area contributed by atoms with E-state index in [0.29, 0.717) is 0 Å². The Morgan fingerprint density at radius 2 is 1.80 bits per heavy atom. The number of nitrogens with one attached hydrogen (secondary N) is 2. The molecule has 0 saturated heterocycles. The molecule has 0 atom stereocenters. The number of benzene rings is 1. The van der Waals surface area contributed by atoms with Gasteiger partial charge in [-0.1, -0.05) is 12.1 Å². The van der Waals surface area contributed by atoms with E-state index in [1.807, 2.05) is 0 Å². The summed E-state index contributed by atoms with van der Waals surface area (Å²) in [6, 6.07) is 5.43. The highest BCUT2D eigenvalue weighted by atomic mass is 19.4. The molecule has 0 saturated carbocycles. The van der Waals surface area contributed by atoms with Gasteiger partial charge in [0.2, 0.25) is 0 Å². The van der Waals surface area contributed by atoms with Crippen molar-refractivity contribution in [3.05, 3.63) is 24.3 Å². The van der Waals surface area contributed by atoms with Gasteiger partial charge in [0.1, 0.15) is 5.75 Å². The summed E-state index contributed by atoms with van der Waals surface area (Å²) in [5.74, 6) is -0.0334. The molecular formula is C13H17F3N2O2. The molecule has 0 aromatic heterocycles. The van der Waals surface area contributed by atoms with Crippen LogP contribution in [-0.2, 0) is 0 Å². The topological polar surface area (TPSA) is 50.4 Å². The van der Waals surface area contributed by atoms with Gasteiger partial charge in [0.25, 0.3) is 0 Å². The first-order chi connectivity index (χ1) is 9.07. The van der Waals surface area contributed by atoms with Crippen LogP contribution in [-0.4, -0.2) is 24.4 Å². The van der Waals surface area contributed by atoms with E-state index in [1.165, 1.54) is 18.2 Å². The van der Waals surface area contributed by atoms with E-state index in [0.717, 1.165) is 0 Å². The largest absolute Gasteiger partial charge is 0.482 e. The third-order valence-electron chi connectivity index (χ3n) is 2.02. The predicted octanol–water partition coefficient (Wildman–Crippen LogP) is 3.55. The number of alkyl halides is 3. The third-order valence-corrected chi connectivity index (χ3v) is 2.02. The van der Waals surface area contributed by atoms with Crippen LogP contribution in [0.2, 0.25) is 0 Å². The van der Waals surface area contributed by atoms with Crippen LogP contribution in [0.25, 0.3) is 0 Å². The molecule has 0 aliphatic heterocycles. The second-order valence-electron chi connectivity index (χ2n) is 5.23. The van der Waals surface area contributed by atoms with Gasteiger partial charge in [-0.15, -0.1) is 0 Å². The van der Waals surface area contributed by atoms with Crippen LogP contribution >= 0.6 is 0 Å². The van der Waals surface area contributed by atoms with E-state index >= 15 is 0 Å². The number of amides is 2. The molecule has 2 N–H and O–H groups in total. The Morgan fingerprint density at radius 3 is 2.35 bits per heavy atom. The number of rotatable bonds is 3. The summed E-state index contributed by atoms with van der Waals surface area (Å²) in [5.41, 5.74) is -0.273. The highest BCUT2D eigenvalue weighted by Crippen LogP contribution is 2.26. The zero-order chi connectivity index (χ0) is 15.4. The summed E-state index contributed by atoms with van der Waals surface area (Å²) in [7, 11) is 0. The maximum atomic E-state index is 12.1. The fourth-order valence-electron chi connectivity index (χ4n) is 1.35. The van der Waals surface area contributed by atoms with Crippen molar-refractivity contribution >= 4 is 11.7 Å². The van der Waals surface area contributed by atoms with Gasteiger partial charge in [-0.2, -0.15) is 13.2 Å². The first-order valence-corrected chi connectivity index (χ1v) is 5.94. The Kier molecular flexibility index (Phi) is 4.86. The number of hydrogen-bond acceptors (Lipinski definition) is 2. The van der Waals surface area contributed by atoms with Crippen molar-refractivity contribution in [2.75, 3.05) is 11.9 Å². The summed E-state index contributed by atoms with van der Waals surface area (Å²) in [4.78, 5) is 11.7. The van der Waals surface area contributed by atoms with Crippen molar-refractivity contribution in [2.45, 2.75) is 32.5 Å². The van der Waals surface area contributed by atoms with Crippen molar-refractivity contribution in [1.82, 2.24) is 5.32 Å². The number of hydrogen-bond donors (Lipinski definition) is 2. The number of para-hydroxylation sites is 2. The van der Waals surface area contributed by atoms with Crippen LogP contribution < -0.4 is 15.4 Å². The molecule has 0 unspecified atom stereocenters. The normalized spacial score (nSPS) is 11.9. The number of halogens is 3. The monoisotopic (exact) mass is 290 g/mol. The van der Waals surface area contributed by atoms with Gasteiger partial charge in [-0.25, -0.2) is 4.79 Å². The Hall–Kier alpha value is -1.92. The molecule has 7 heteroatoms. The predicted molar refractivity (Wildman–Crippen MR) is 69.9 cm³/mol. The summed E-state index contributed by atoms with van der Waals surface area (Å²) in [5, 5.41) is 5.10. The second kappa shape index (κ2) is 6.02. The molecule has 0 radical (unpaired) electrons. The number of urea groups is 1. The zero-order valence-electron chi connectivity index (χ0n) is 11.5. The highest BCUT2D eigenvalue weighted by Gasteiger charge is 2.29. The standard InChI is InChI=1S/C13H17F3N2O2/c1-12(2,3)18-11(19)17-9-6-4-5-7-10(9)20-8-13(14,15)16/h4-7H,8H2,1-3H3,(H2,17,18,19). The lowest BCUT2D eigenvalue weighted by atomic mass is 10.1. The Morgan fingerprint density at radius 1 is 1.20 bits per heavy atom. The first kappa shape index (κ1) is 16.1. The number of ether oxygens (including phenoxy) is 1. The average Bonchev–Trinajstić information content (AvgIpc) is 2.24. The number of carbonyl (C=O) groups excluding carboxylic acids is 1. The Bertz CT molecular complexity index is 467. The van der Waals surface area contributed by atoms with E-state index in [4.69, 9.17) is 0 Å². The van der Waals surface area contributed by atoms with Crippen molar-refractivity contribution < 1.29 is 22.7 Å². The zero-order valence-corrected chi connectivity index (χ0v) is 11.5. The molecule has 0 fully saturated rings. The van der Waals surface area contributed by atoms with Crippen molar-refractivity contribution in [3.8, 4) is 5.75 Å². The van der Waals surface area contributed by atoms with Gasteiger partial charge < -0.3 is 15.4 Å². The van der Waals surface area contributed by atoms with Crippen LogP contribution in [0.3, 0.4) is 0 Å². The van der Waals surface area contributed by atoms with E-state index in [2.05, 4.69) is 15.4 Å². The summed E-state index contributed by atoms with van der Waals surface area (Å²) in [6.45, 7) is 3.96. The molecule has 1 aromatic rings. The maximum Gasteiger partial charge on any atom is 0.422 e. The van der Waals surface area contributed by atoms with Gasteiger partial charge in [0.05, 0.1) is 5.69 Å². The minimum Gasteiger partial charge on any atom is -0.482 e. The quantitative estimate of drug-likeness (QED) is 0.894. The molecule has 0 bridgehead atoms. The molecule has 1 aromatic carbocycles. The smallest absolute Gasteiger partial charge is 0.422 e. The van der Waals surface area contributed by atoms with E-state index in [-0.39, 0.29) is 11.4 Å². The fourth-order valence-corrected chi connectivity index (χ4v) is 1.35. The number of anilines is 1. The molecule has 0 aliphatic rings. The second-order valence-corrected chi connectivity index (χ2v) is 5.23. The first-order valence-electron chi connectivity index (χ1n) is 5.94. The lowest BCUT2D eigenvalue weighted by Gasteiger charge is -2.21. The maximum absolute atomic E-state index is 12.1. The third kappa shape index (κ3) is 6.31. The fraction of sp³-hybridized carbons (Fsp3) is 0.462. The summed E-state index contributed by atoms with van der Waals surface area (Å²) >= 11 is 0. The van der Waals surface area contributed by atoms with Gasteiger partial charge in [0, 0.05) is 5.54 Å². The molecule has 0 heterocycles. The van der Waals surface area contributed by atoms with Crippen molar-refractivity contribution in [1.29, 1.82) is 0 Å². The average molecular weight is 290 g/mol. The van der Waals surface area contributed by atoms with Crippen molar-refractivity contribution in [2.24, 2.45) is 0 Å². The SMILES string of the molecule is CC(C)(C)NC(=O)Nc1ccccc1OCC(F)(F)F. The van der Waals surface area contributed by atoms with Crippen LogP contribution in [0, 0.1) is 0 Å². The van der Waals surface area contributed by atoms with E-state index in [1.54, 1.807) is 26.8 Å². The van der Waals surface area contributed by atoms with E-state index in [9.17, 15) is 18.0 Å². The van der Waals surface area contributed by atoms with Crippen LogP contribution in [0.15, 0.2) is 24.3 Å². The molecule has 0 spiro atoms. The minimum absolute atomic E-state index is 0.0334. The lowest BCUT2D eigenvalue weighted by Crippen LogP contribution is -2.43. The van der Waals surface area contributed by atoms with Crippen LogP contribution in [0.4, 0.5) is 23.7 Å². The molecule has 4 nitrogen and oxygen atoms in total. The summed E-state index contributed by atoms with van der Waals surface area (Å²) in [6.07, 6.45) is -4.43. The molecule has 0 aliphatic carbocycles. The van der Waals surface area contributed by atoms with E-state index < -0.39 is 24.4 Å². The Labute approximate surface area is 115 Å². The van der Waals surface area contributed by atoms with Gasteiger partial charge in [0.15, 0.2) is 6.61 Å². The Balaban J connectivity index is 2.73. The molecule has 20 heavy (non-hydrogen) atoms. The lowest BCUT2D eigenvalue weighted by molar-refractivity contribution is -0.153. The molecule has 2 amide bonds. The van der Waals surface area contributed by atoms with Gasteiger partial charge >= 0.3 is 12.2 Å². The highest BCUT2D eigenvalue weighted by molar-refractivity contribution is 5.91.